The van der Waals surface area contributed by atoms with Crippen molar-refractivity contribution < 1.29 is 4.42 Å². The lowest BCUT2D eigenvalue weighted by atomic mass is 10.0. The summed E-state index contributed by atoms with van der Waals surface area (Å²) in [5, 5.41) is 8.40. The summed E-state index contributed by atoms with van der Waals surface area (Å²) < 4.78 is 14.0. The minimum absolute atomic E-state index is 0.863. The summed E-state index contributed by atoms with van der Waals surface area (Å²) in [6.45, 7) is 0. The smallest absolute Gasteiger partial charge is 0.213 e. The van der Waals surface area contributed by atoms with Gasteiger partial charge in [-0.3, -0.25) is 4.57 Å². The average Bonchev–Trinajstić information content (AvgIpc) is 3.96. The molecule has 0 amide bonds. The van der Waals surface area contributed by atoms with Crippen LogP contribution in [-0.4, -0.2) is 13.7 Å². The maximum Gasteiger partial charge on any atom is 0.213 e. The molecule has 0 saturated carbocycles. The molecule has 0 saturated heterocycles. The van der Waals surface area contributed by atoms with Gasteiger partial charge in [0.25, 0.3) is 0 Å². The Bertz CT molecular complexity index is 3380. The summed E-state index contributed by atoms with van der Waals surface area (Å²) in [6.07, 6.45) is 0. The van der Waals surface area contributed by atoms with Crippen LogP contribution in [-0.2, 0) is 0 Å². The molecule has 0 aliphatic heterocycles. The van der Waals surface area contributed by atoms with Crippen LogP contribution in [0.1, 0.15) is 0 Å². The van der Waals surface area contributed by atoms with E-state index in [2.05, 4.69) is 202 Å². The van der Waals surface area contributed by atoms with Crippen molar-refractivity contribution in [2.45, 2.75) is 0 Å². The number of hydrogen-bond acceptors (Lipinski definition) is 1. The van der Waals surface area contributed by atoms with Crippen LogP contribution in [0.2, 0.25) is 0 Å². The largest absolute Gasteiger partial charge is 0.438 e. The molecular formula is C50H31N3O. The van der Waals surface area contributed by atoms with E-state index in [4.69, 9.17) is 4.42 Å². The van der Waals surface area contributed by atoms with Crippen LogP contribution < -0.4 is 0 Å². The van der Waals surface area contributed by atoms with Gasteiger partial charge in [-0.25, -0.2) is 0 Å². The third-order valence-electron chi connectivity index (χ3n) is 11.2. The number of fused-ring (bicyclic) bond motifs is 11. The predicted octanol–water partition coefficient (Wildman–Crippen LogP) is 13.4. The van der Waals surface area contributed by atoms with Crippen molar-refractivity contribution in [2.75, 3.05) is 0 Å². The van der Waals surface area contributed by atoms with E-state index in [0.717, 1.165) is 66.8 Å². The lowest BCUT2D eigenvalue weighted by molar-refractivity contribution is 0.646. The molecule has 4 nitrogen and oxygen atoms in total. The second-order valence-corrected chi connectivity index (χ2v) is 14.1. The van der Waals surface area contributed by atoms with Crippen LogP contribution in [0.4, 0.5) is 0 Å². The number of benzene rings is 8. The lowest BCUT2D eigenvalue weighted by Gasteiger charge is -2.11. The zero-order valence-electron chi connectivity index (χ0n) is 29.1. The molecule has 0 N–H and O–H groups in total. The Balaban J connectivity index is 1.12. The van der Waals surface area contributed by atoms with Crippen LogP contribution in [0.15, 0.2) is 192 Å². The molecule has 0 aliphatic carbocycles. The highest BCUT2D eigenvalue weighted by Gasteiger charge is 2.22. The zero-order chi connectivity index (χ0) is 35.3. The number of para-hydroxylation sites is 6. The van der Waals surface area contributed by atoms with E-state index in [1.54, 1.807) is 0 Å². The summed E-state index contributed by atoms with van der Waals surface area (Å²) in [5.74, 6) is 0. The molecule has 0 unspecified atom stereocenters. The van der Waals surface area contributed by atoms with Crippen LogP contribution >= 0.6 is 0 Å². The molecule has 4 heteroatoms. The molecule has 0 aliphatic rings. The second kappa shape index (κ2) is 11.1. The number of rotatable bonds is 4. The molecular weight excluding hydrogens is 659 g/mol. The van der Waals surface area contributed by atoms with Gasteiger partial charge in [-0.2, -0.15) is 0 Å². The molecule has 54 heavy (non-hydrogen) atoms. The summed E-state index contributed by atoms with van der Waals surface area (Å²) in [5.41, 5.74) is 13.2. The van der Waals surface area contributed by atoms with Gasteiger partial charge in [-0.15, -0.1) is 0 Å². The third kappa shape index (κ3) is 4.02. The first-order chi connectivity index (χ1) is 26.8. The molecule has 0 bridgehead atoms. The van der Waals surface area contributed by atoms with Gasteiger partial charge in [0.05, 0.1) is 33.0 Å². The molecule has 12 aromatic rings. The Hall–Kier alpha value is -7.30. The Morgan fingerprint density at radius 3 is 1.50 bits per heavy atom. The van der Waals surface area contributed by atoms with Crippen LogP contribution in [0.5, 0.6) is 0 Å². The van der Waals surface area contributed by atoms with E-state index >= 15 is 0 Å². The van der Waals surface area contributed by atoms with Gasteiger partial charge in [0.2, 0.25) is 5.71 Å². The fourth-order valence-corrected chi connectivity index (χ4v) is 8.94. The first kappa shape index (κ1) is 29.3. The Morgan fingerprint density at radius 1 is 0.315 bits per heavy atom. The molecule has 0 radical (unpaired) electrons. The molecule has 8 aromatic carbocycles. The Labute approximate surface area is 309 Å². The van der Waals surface area contributed by atoms with E-state index in [-0.39, 0.29) is 0 Å². The minimum atomic E-state index is 0.863. The van der Waals surface area contributed by atoms with Gasteiger partial charge < -0.3 is 13.6 Å². The van der Waals surface area contributed by atoms with Gasteiger partial charge >= 0.3 is 0 Å². The van der Waals surface area contributed by atoms with Gasteiger partial charge in [-0.1, -0.05) is 127 Å². The van der Waals surface area contributed by atoms with Crippen molar-refractivity contribution in [3.8, 4) is 28.2 Å². The molecule has 4 heterocycles. The maximum atomic E-state index is 6.98. The fraction of sp³-hybridized carbons (Fsp3) is 0. The summed E-state index contributed by atoms with van der Waals surface area (Å²) in [7, 11) is 0. The van der Waals surface area contributed by atoms with Crippen LogP contribution in [0, 0.1) is 0 Å². The highest BCUT2D eigenvalue weighted by molar-refractivity contribution is 6.22. The van der Waals surface area contributed by atoms with Gasteiger partial charge in [0.15, 0.2) is 0 Å². The van der Waals surface area contributed by atoms with Crippen molar-refractivity contribution in [1.82, 2.24) is 13.7 Å². The molecule has 252 valence electrons. The Kier molecular flexibility index (Phi) is 6.02. The molecule has 12 rings (SSSR count). The highest BCUT2D eigenvalue weighted by Crippen LogP contribution is 2.44. The zero-order valence-corrected chi connectivity index (χ0v) is 29.1. The van der Waals surface area contributed by atoms with Gasteiger partial charge in [-0.05, 0) is 66.2 Å². The van der Waals surface area contributed by atoms with Crippen molar-refractivity contribution in [3.63, 3.8) is 0 Å². The number of nitrogens with zero attached hydrogens (tertiary/aromatic N) is 3. The topological polar surface area (TPSA) is 27.9 Å². The maximum absolute atomic E-state index is 6.98. The van der Waals surface area contributed by atoms with E-state index < -0.39 is 0 Å². The van der Waals surface area contributed by atoms with E-state index in [0.29, 0.717) is 0 Å². The fourth-order valence-electron chi connectivity index (χ4n) is 8.94. The van der Waals surface area contributed by atoms with Crippen LogP contribution in [0.25, 0.3) is 105 Å². The lowest BCUT2D eigenvalue weighted by Crippen LogP contribution is -1.96. The van der Waals surface area contributed by atoms with E-state index in [1.165, 1.54) is 38.0 Å². The average molecular weight is 690 g/mol. The summed E-state index contributed by atoms with van der Waals surface area (Å²) in [4.78, 5) is 0. The van der Waals surface area contributed by atoms with Crippen molar-refractivity contribution in [3.05, 3.63) is 188 Å². The summed E-state index contributed by atoms with van der Waals surface area (Å²) >= 11 is 0. The first-order valence-electron chi connectivity index (χ1n) is 18.4. The van der Waals surface area contributed by atoms with Crippen molar-refractivity contribution >= 4 is 76.6 Å². The minimum Gasteiger partial charge on any atom is -0.438 e. The number of furan rings is 1. The predicted molar refractivity (Wildman–Crippen MR) is 225 cm³/mol. The summed E-state index contributed by atoms with van der Waals surface area (Å²) in [6, 6.07) is 67.6. The standard InChI is InChI=1S/C50H31N3O/c1-3-14-33(15-4-1)51-46-30-32(36-21-13-22-42-48-41-20-9-12-25-45(41)53(50(48)54-49(36)42)34-16-5-2-6-17-34)26-28-39(46)40-29-27-35(31-47(40)51)52-43-23-10-7-18-37(43)38-19-8-11-24-44(38)52/h1-31H. The van der Waals surface area contributed by atoms with Crippen molar-refractivity contribution in [2.24, 2.45) is 0 Å². The van der Waals surface area contributed by atoms with Gasteiger partial charge in [0, 0.05) is 54.9 Å². The number of aromatic nitrogens is 3. The van der Waals surface area contributed by atoms with E-state index in [9.17, 15) is 0 Å². The SMILES string of the molecule is c1ccc(-n2c3cc(-c4cccc5c4oc4c5c5ccccc5n4-c4ccccc4)ccc3c3ccc(-n4c5ccccc5c5ccccc54)cc32)cc1. The van der Waals surface area contributed by atoms with Gasteiger partial charge in [0.1, 0.15) is 5.58 Å². The third-order valence-corrected chi connectivity index (χ3v) is 11.2. The highest BCUT2D eigenvalue weighted by atomic mass is 16.3. The molecule has 0 spiro atoms. The molecule has 0 atom stereocenters. The first-order valence-corrected chi connectivity index (χ1v) is 18.4. The van der Waals surface area contributed by atoms with Crippen LogP contribution in [0.3, 0.4) is 0 Å². The van der Waals surface area contributed by atoms with E-state index in [1.807, 2.05) is 0 Å². The monoisotopic (exact) mass is 689 g/mol. The molecule has 0 fully saturated rings. The quantitative estimate of drug-likeness (QED) is 0.181. The number of hydrogen-bond donors (Lipinski definition) is 0. The second-order valence-electron chi connectivity index (χ2n) is 14.1. The van der Waals surface area contributed by atoms with Crippen molar-refractivity contribution in [1.29, 1.82) is 0 Å². The Morgan fingerprint density at radius 2 is 0.815 bits per heavy atom. The normalized spacial score (nSPS) is 12.1. The molecule has 4 aromatic heterocycles.